The van der Waals surface area contributed by atoms with Crippen LogP contribution in [0.4, 0.5) is 5.69 Å². The van der Waals surface area contributed by atoms with E-state index in [1.807, 2.05) is 0 Å². The Kier molecular flexibility index (Phi) is 6.27. The number of rotatable bonds is 7. The first-order chi connectivity index (χ1) is 11.8. The number of aryl methyl sites for hydroxylation is 1. The van der Waals surface area contributed by atoms with Crippen molar-refractivity contribution in [3.63, 3.8) is 0 Å². The molecule has 0 saturated carbocycles. The second-order valence-corrected chi connectivity index (χ2v) is 6.64. The van der Waals surface area contributed by atoms with Crippen molar-refractivity contribution in [1.82, 2.24) is 4.90 Å². The molecule has 3 nitrogen and oxygen atoms in total. The number of nitrogens with zero attached hydrogens (tertiary/aromatic N) is 2. The summed E-state index contributed by atoms with van der Waals surface area (Å²) in [4.78, 5) is 5.10. The minimum atomic E-state index is 0.634. The Labute approximate surface area is 146 Å². The molecule has 1 aliphatic rings. The number of hydrogen-bond donors (Lipinski definition) is 1. The summed E-state index contributed by atoms with van der Waals surface area (Å²) in [6.07, 6.45) is 3.72. The number of piperazine rings is 1. The van der Waals surface area contributed by atoms with E-state index < -0.39 is 0 Å². The maximum Gasteiger partial charge on any atom is 0.0367 e. The number of hydrogen-bond acceptors (Lipinski definition) is 3. The average molecular weight is 323 g/mol. The van der Waals surface area contributed by atoms with E-state index in [2.05, 4.69) is 64.4 Å². The van der Waals surface area contributed by atoms with Crippen molar-refractivity contribution in [2.75, 3.05) is 37.6 Å². The topological polar surface area (TPSA) is 32.5 Å². The molecule has 1 aliphatic heterocycles. The highest BCUT2D eigenvalue weighted by atomic mass is 15.3. The summed E-state index contributed by atoms with van der Waals surface area (Å²) >= 11 is 0. The number of nitrogens with two attached hydrogens (primary N) is 1. The molecule has 2 aromatic rings. The van der Waals surface area contributed by atoms with Gasteiger partial charge in [-0.15, -0.1) is 0 Å². The SMILES string of the molecule is NCc1ccc(CCCCN2CCN(c3ccccc3)CC2)cc1. The van der Waals surface area contributed by atoms with Gasteiger partial charge >= 0.3 is 0 Å². The Hall–Kier alpha value is -1.84. The fourth-order valence-electron chi connectivity index (χ4n) is 3.38. The fourth-order valence-corrected chi connectivity index (χ4v) is 3.38. The van der Waals surface area contributed by atoms with Crippen molar-refractivity contribution in [1.29, 1.82) is 0 Å². The quantitative estimate of drug-likeness (QED) is 0.794. The lowest BCUT2D eigenvalue weighted by Crippen LogP contribution is -2.46. The molecule has 1 saturated heterocycles. The maximum absolute atomic E-state index is 5.64. The first-order valence-electron chi connectivity index (χ1n) is 9.15. The van der Waals surface area contributed by atoms with Gasteiger partial charge in [-0.05, 0) is 49.1 Å². The number of para-hydroxylation sites is 1. The van der Waals surface area contributed by atoms with Gasteiger partial charge in [0.1, 0.15) is 0 Å². The van der Waals surface area contributed by atoms with E-state index in [4.69, 9.17) is 5.73 Å². The van der Waals surface area contributed by atoms with Gasteiger partial charge in [-0.25, -0.2) is 0 Å². The van der Waals surface area contributed by atoms with Gasteiger partial charge in [-0.2, -0.15) is 0 Å². The first kappa shape index (κ1) is 17.0. The molecule has 0 atom stereocenters. The smallest absolute Gasteiger partial charge is 0.0367 e. The Morgan fingerprint density at radius 3 is 2.08 bits per heavy atom. The van der Waals surface area contributed by atoms with Gasteiger partial charge in [0.15, 0.2) is 0 Å². The molecular weight excluding hydrogens is 294 g/mol. The third-order valence-electron chi connectivity index (χ3n) is 4.94. The Morgan fingerprint density at radius 1 is 0.750 bits per heavy atom. The Bertz CT molecular complexity index is 586. The Balaban J connectivity index is 1.33. The fraction of sp³-hybridized carbons (Fsp3) is 0.429. The van der Waals surface area contributed by atoms with Crippen LogP contribution in [0.1, 0.15) is 24.0 Å². The molecule has 0 bridgehead atoms. The van der Waals surface area contributed by atoms with Gasteiger partial charge in [0.25, 0.3) is 0 Å². The van der Waals surface area contributed by atoms with E-state index in [0.29, 0.717) is 6.54 Å². The highest BCUT2D eigenvalue weighted by molar-refractivity contribution is 5.46. The lowest BCUT2D eigenvalue weighted by molar-refractivity contribution is 0.253. The molecule has 1 heterocycles. The van der Waals surface area contributed by atoms with E-state index >= 15 is 0 Å². The van der Waals surface area contributed by atoms with Crippen molar-refractivity contribution < 1.29 is 0 Å². The molecule has 0 radical (unpaired) electrons. The van der Waals surface area contributed by atoms with Crippen LogP contribution in [-0.2, 0) is 13.0 Å². The third-order valence-corrected chi connectivity index (χ3v) is 4.94. The monoisotopic (exact) mass is 323 g/mol. The molecule has 128 valence electrons. The van der Waals surface area contributed by atoms with Gasteiger partial charge < -0.3 is 10.6 Å². The van der Waals surface area contributed by atoms with Crippen LogP contribution >= 0.6 is 0 Å². The molecule has 1 fully saturated rings. The van der Waals surface area contributed by atoms with Gasteiger partial charge in [0.2, 0.25) is 0 Å². The Morgan fingerprint density at radius 2 is 1.42 bits per heavy atom. The number of unbranched alkanes of at least 4 members (excludes halogenated alkanes) is 1. The number of anilines is 1. The molecular formula is C21H29N3. The summed E-state index contributed by atoms with van der Waals surface area (Å²) < 4.78 is 0. The zero-order valence-electron chi connectivity index (χ0n) is 14.5. The van der Waals surface area contributed by atoms with E-state index in [-0.39, 0.29) is 0 Å². The van der Waals surface area contributed by atoms with Crippen LogP contribution in [0.15, 0.2) is 54.6 Å². The van der Waals surface area contributed by atoms with Gasteiger partial charge in [0, 0.05) is 38.4 Å². The second kappa shape index (κ2) is 8.86. The van der Waals surface area contributed by atoms with Crippen molar-refractivity contribution in [2.45, 2.75) is 25.8 Å². The van der Waals surface area contributed by atoms with Crippen molar-refractivity contribution >= 4 is 5.69 Å². The lowest BCUT2D eigenvalue weighted by atomic mass is 10.1. The predicted octanol–water partition coefficient (Wildman–Crippen LogP) is 3.29. The molecule has 0 spiro atoms. The lowest BCUT2D eigenvalue weighted by Gasteiger charge is -2.36. The van der Waals surface area contributed by atoms with Crippen LogP contribution in [-0.4, -0.2) is 37.6 Å². The zero-order valence-corrected chi connectivity index (χ0v) is 14.5. The summed E-state index contributed by atoms with van der Waals surface area (Å²) in [5.41, 5.74) is 9.65. The first-order valence-corrected chi connectivity index (χ1v) is 9.15. The van der Waals surface area contributed by atoms with Crippen LogP contribution < -0.4 is 10.6 Å². The van der Waals surface area contributed by atoms with Gasteiger partial charge in [-0.3, -0.25) is 4.90 Å². The van der Waals surface area contributed by atoms with Crippen molar-refractivity contribution in [3.05, 3.63) is 65.7 Å². The van der Waals surface area contributed by atoms with E-state index in [0.717, 1.165) is 13.1 Å². The minimum absolute atomic E-state index is 0.634. The van der Waals surface area contributed by atoms with Gasteiger partial charge in [-0.1, -0.05) is 42.5 Å². The van der Waals surface area contributed by atoms with E-state index in [1.54, 1.807) is 0 Å². The molecule has 2 N–H and O–H groups in total. The summed E-state index contributed by atoms with van der Waals surface area (Å²) in [5.74, 6) is 0. The highest BCUT2D eigenvalue weighted by Crippen LogP contribution is 2.16. The summed E-state index contributed by atoms with van der Waals surface area (Å²) in [6.45, 7) is 6.51. The molecule has 3 rings (SSSR count). The molecule has 0 aliphatic carbocycles. The van der Waals surface area contributed by atoms with Gasteiger partial charge in [0.05, 0.1) is 0 Å². The average Bonchev–Trinajstić information content (AvgIpc) is 2.67. The van der Waals surface area contributed by atoms with Crippen LogP contribution in [0.5, 0.6) is 0 Å². The van der Waals surface area contributed by atoms with Crippen LogP contribution in [0.3, 0.4) is 0 Å². The largest absolute Gasteiger partial charge is 0.369 e. The standard InChI is InChI=1S/C21H29N3/c22-18-20-11-9-19(10-12-20)6-4-5-13-23-14-16-24(17-15-23)21-7-2-1-3-8-21/h1-3,7-12H,4-6,13-18,22H2. The maximum atomic E-state index is 5.64. The molecule has 3 heteroatoms. The van der Waals surface area contributed by atoms with E-state index in [1.165, 1.54) is 55.7 Å². The van der Waals surface area contributed by atoms with Crippen LogP contribution in [0, 0.1) is 0 Å². The highest BCUT2D eigenvalue weighted by Gasteiger charge is 2.16. The summed E-state index contributed by atoms with van der Waals surface area (Å²) in [5, 5.41) is 0. The molecule has 2 aromatic carbocycles. The van der Waals surface area contributed by atoms with Crippen molar-refractivity contribution in [3.8, 4) is 0 Å². The summed E-state index contributed by atoms with van der Waals surface area (Å²) in [7, 11) is 0. The van der Waals surface area contributed by atoms with Crippen LogP contribution in [0.2, 0.25) is 0 Å². The second-order valence-electron chi connectivity index (χ2n) is 6.64. The molecule has 0 amide bonds. The van der Waals surface area contributed by atoms with E-state index in [9.17, 15) is 0 Å². The molecule has 0 unspecified atom stereocenters. The third kappa shape index (κ3) is 4.83. The normalized spacial score (nSPS) is 15.6. The van der Waals surface area contributed by atoms with Crippen LogP contribution in [0.25, 0.3) is 0 Å². The van der Waals surface area contributed by atoms with Crippen molar-refractivity contribution in [2.24, 2.45) is 5.73 Å². The number of benzene rings is 2. The summed E-state index contributed by atoms with van der Waals surface area (Å²) in [6, 6.07) is 19.5. The molecule has 24 heavy (non-hydrogen) atoms. The zero-order chi connectivity index (χ0) is 16.6. The molecule has 0 aromatic heterocycles. The predicted molar refractivity (Wildman–Crippen MR) is 102 cm³/mol. The minimum Gasteiger partial charge on any atom is -0.369 e.